The van der Waals surface area contributed by atoms with Crippen molar-refractivity contribution in [3.63, 3.8) is 0 Å². The first-order valence-electron chi connectivity index (χ1n) is 5.96. The molecule has 8 heteroatoms. The van der Waals surface area contributed by atoms with Gasteiger partial charge in [-0.25, -0.2) is 24.0 Å². The predicted molar refractivity (Wildman–Crippen MR) is 70.8 cm³/mol. The Morgan fingerprint density at radius 1 is 1.58 bits per heavy atom. The van der Waals surface area contributed by atoms with Crippen LogP contribution in [0, 0.1) is 0 Å². The van der Waals surface area contributed by atoms with Gasteiger partial charge < -0.3 is 10.2 Å². The minimum atomic E-state index is -3.71. The van der Waals surface area contributed by atoms with Gasteiger partial charge in [0.15, 0.2) is 5.82 Å². The van der Waals surface area contributed by atoms with Crippen molar-refractivity contribution in [2.24, 2.45) is 5.84 Å². The lowest BCUT2D eigenvalue weighted by atomic mass is 9.97. The number of ether oxygens (including phenoxy) is 1. The summed E-state index contributed by atoms with van der Waals surface area (Å²) in [4.78, 5) is 3.92. The zero-order chi connectivity index (χ0) is 14.1. The highest BCUT2D eigenvalue weighted by Gasteiger charge is 2.41. The fourth-order valence-electron chi connectivity index (χ4n) is 2.05. The highest BCUT2D eigenvalue weighted by Crippen LogP contribution is 2.28. The summed E-state index contributed by atoms with van der Waals surface area (Å²) in [5.41, 5.74) is 1.66. The second-order valence-corrected chi connectivity index (χ2v) is 6.43. The number of anilines is 1. The Morgan fingerprint density at radius 2 is 2.32 bits per heavy atom. The van der Waals surface area contributed by atoms with Crippen LogP contribution in [-0.2, 0) is 14.8 Å². The van der Waals surface area contributed by atoms with Crippen LogP contribution in [0.4, 0.5) is 5.82 Å². The van der Waals surface area contributed by atoms with Crippen LogP contribution in [0.2, 0.25) is 0 Å². The molecule has 106 valence electrons. The second-order valence-electron chi connectivity index (χ2n) is 4.78. The lowest BCUT2D eigenvalue weighted by molar-refractivity contribution is 0.0957. The Morgan fingerprint density at radius 3 is 2.89 bits per heavy atom. The quantitative estimate of drug-likeness (QED) is 0.540. The van der Waals surface area contributed by atoms with E-state index in [1.165, 1.54) is 12.3 Å². The van der Waals surface area contributed by atoms with Crippen molar-refractivity contribution >= 4 is 15.8 Å². The van der Waals surface area contributed by atoms with Crippen LogP contribution in [-0.4, -0.2) is 31.7 Å². The van der Waals surface area contributed by atoms with Gasteiger partial charge in [0.05, 0.1) is 11.6 Å². The van der Waals surface area contributed by atoms with Crippen LogP contribution in [0.15, 0.2) is 23.2 Å². The first-order chi connectivity index (χ1) is 8.89. The predicted octanol–water partition coefficient (Wildman–Crippen LogP) is 0.213. The van der Waals surface area contributed by atoms with Gasteiger partial charge >= 0.3 is 0 Å². The standard InChI is InChI=1S/C11H18N4O3S/c1-8-11(2,5-7-18-8)15-19(16,17)9-4-3-6-13-10(9)14-12/h3-4,6,8,15H,5,7,12H2,1-2H3,(H,13,14). The number of hydrazine groups is 1. The molecule has 2 atom stereocenters. The number of hydrogen-bond acceptors (Lipinski definition) is 6. The minimum Gasteiger partial charge on any atom is -0.376 e. The summed E-state index contributed by atoms with van der Waals surface area (Å²) >= 11 is 0. The molecule has 1 aromatic rings. The molecule has 0 bridgehead atoms. The number of aromatic nitrogens is 1. The smallest absolute Gasteiger partial charge is 0.244 e. The molecule has 0 saturated carbocycles. The number of rotatable bonds is 4. The first kappa shape index (κ1) is 14.2. The summed E-state index contributed by atoms with van der Waals surface area (Å²) in [6.45, 7) is 4.21. The average Bonchev–Trinajstić information content (AvgIpc) is 2.68. The molecule has 4 N–H and O–H groups in total. The molecule has 1 fully saturated rings. The van der Waals surface area contributed by atoms with Gasteiger partial charge in [0, 0.05) is 12.8 Å². The molecule has 0 aliphatic carbocycles. The summed E-state index contributed by atoms with van der Waals surface area (Å²) in [6, 6.07) is 3.00. The third kappa shape index (κ3) is 2.71. The van der Waals surface area contributed by atoms with Crippen molar-refractivity contribution in [1.29, 1.82) is 0 Å². The van der Waals surface area contributed by atoms with Crippen molar-refractivity contribution in [2.45, 2.75) is 36.8 Å². The van der Waals surface area contributed by atoms with Crippen LogP contribution >= 0.6 is 0 Å². The number of nitrogen functional groups attached to an aromatic ring is 1. The van der Waals surface area contributed by atoms with Crippen molar-refractivity contribution in [3.05, 3.63) is 18.3 Å². The summed E-state index contributed by atoms with van der Waals surface area (Å²) in [5.74, 6) is 5.40. The maximum absolute atomic E-state index is 12.4. The number of sulfonamides is 1. The molecule has 1 aromatic heterocycles. The van der Waals surface area contributed by atoms with E-state index in [-0.39, 0.29) is 16.8 Å². The van der Waals surface area contributed by atoms with Gasteiger partial charge in [-0.15, -0.1) is 0 Å². The molecule has 1 aliphatic rings. The zero-order valence-corrected chi connectivity index (χ0v) is 11.7. The fourth-order valence-corrected chi connectivity index (χ4v) is 3.66. The minimum absolute atomic E-state index is 0.0258. The third-order valence-electron chi connectivity index (χ3n) is 3.45. The molecule has 2 unspecified atom stereocenters. The monoisotopic (exact) mass is 286 g/mol. The number of nitrogens with two attached hydrogens (primary N) is 1. The SMILES string of the molecule is CC1OCCC1(C)NS(=O)(=O)c1cccnc1NN. The van der Waals surface area contributed by atoms with Crippen molar-refractivity contribution < 1.29 is 13.2 Å². The van der Waals surface area contributed by atoms with Gasteiger partial charge in [0.1, 0.15) is 4.90 Å². The largest absolute Gasteiger partial charge is 0.376 e. The van der Waals surface area contributed by atoms with Crippen LogP contribution < -0.4 is 16.0 Å². The summed E-state index contributed by atoms with van der Waals surface area (Å²) < 4.78 is 32.9. The number of nitrogens with zero attached hydrogens (tertiary/aromatic N) is 1. The first-order valence-corrected chi connectivity index (χ1v) is 7.44. The van der Waals surface area contributed by atoms with E-state index in [1.807, 2.05) is 13.8 Å². The van der Waals surface area contributed by atoms with Gasteiger partial charge in [0.25, 0.3) is 0 Å². The van der Waals surface area contributed by atoms with E-state index in [4.69, 9.17) is 10.6 Å². The molecule has 19 heavy (non-hydrogen) atoms. The molecule has 0 amide bonds. The van der Waals surface area contributed by atoms with Gasteiger partial charge in [-0.3, -0.25) is 0 Å². The molecule has 0 spiro atoms. The van der Waals surface area contributed by atoms with Crippen molar-refractivity contribution in [1.82, 2.24) is 9.71 Å². The molecular weight excluding hydrogens is 268 g/mol. The molecule has 1 saturated heterocycles. The number of hydrogen-bond donors (Lipinski definition) is 3. The van der Waals surface area contributed by atoms with Gasteiger partial charge in [-0.05, 0) is 32.4 Å². The van der Waals surface area contributed by atoms with E-state index in [0.29, 0.717) is 13.0 Å². The van der Waals surface area contributed by atoms with Gasteiger partial charge in [-0.1, -0.05) is 0 Å². The third-order valence-corrected chi connectivity index (χ3v) is 5.09. The van der Waals surface area contributed by atoms with Gasteiger partial charge in [-0.2, -0.15) is 0 Å². The van der Waals surface area contributed by atoms with Crippen LogP contribution in [0.1, 0.15) is 20.3 Å². The summed E-state index contributed by atoms with van der Waals surface area (Å²) in [5, 5.41) is 0. The topological polar surface area (TPSA) is 106 Å². The Balaban J connectivity index is 2.33. The van der Waals surface area contributed by atoms with Crippen LogP contribution in [0.25, 0.3) is 0 Å². The summed E-state index contributed by atoms with van der Waals surface area (Å²) in [6.07, 6.45) is 1.91. The van der Waals surface area contributed by atoms with Crippen molar-refractivity contribution in [3.8, 4) is 0 Å². The maximum atomic E-state index is 12.4. The van der Waals surface area contributed by atoms with Gasteiger partial charge in [0.2, 0.25) is 10.0 Å². The molecule has 7 nitrogen and oxygen atoms in total. The Hall–Kier alpha value is -1.22. The lowest BCUT2D eigenvalue weighted by Crippen LogP contribution is -2.50. The van der Waals surface area contributed by atoms with Crippen LogP contribution in [0.5, 0.6) is 0 Å². The second kappa shape index (κ2) is 5.04. The van der Waals surface area contributed by atoms with E-state index in [1.54, 1.807) is 6.07 Å². The Bertz CT molecular complexity index is 563. The Labute approximate surface area is 112 Å². The normalized spacial score (nSPS) is 27.4. The molecule has 0 radical (unpaired) electrons. The molecular formula is C11H18N4O3S. The molecule has 0 aromatic carbocycles. The van der Waals surface area contributed by atoms with E-state index in [9.17, 15) is 8.42 Å². The average molecular weight is 286 g/mol. The Kier molecular flexibility index (Phi) is 3.77. The van der Waals surface area contributed by atoms with E-state index < -0.39 is 15.6 Å². The fraction of sp³-hybridized carbons (Fsp3) is 0.545. The van der Waals surface area contributed by atoms with Crippen LogP contribution in [0.3, 0.4) is 0 Å². The van der Waals surface area contributed by atoms with E-state index in [0.717, 1.165) is 0 Å². The van der Waals surface area contributed by atoms with Crippen molar-refractivity contribution in [2.75, 3.05) is 12.0 Å². The molecule has 1 aliphatic heterocycles. The lowest BCUT2D eigenvalue weighted by Gasteiger charge is -2.28. The number of nitrogens with one attached hydrogen (secondary N) is 2. The molecule has 2 rings (SSSR count). The number of pyridine rings is 1. The highest BCUT2D eigenvalue weighted by atomic mass is 32.2. The highest BCUT2D eigenvalue weighted by molar-refractivity contribution is 7.89. The molecule has 2 heterocycles. The van der Waals surface area contributed by atoms with E-state index in [2.05, 4.69) is 15.1 Å². The summed E-state index contributed by atoms with van der Waals surface area (Å²) in [7, 11) is -3.71. The van der Waals surface area contributed by atoms with E-state index >= 15 is 0 Å². The zero-order valence-electron chi connectivity index (χ0n) is 10.9. The maximum Gasteiger partial charge on any atom is 0.244 e.